The Morgan fingerprint density at radius 3 is 2.85 bits per heavy atom. The molecule has 0 N–H and O–H groups in total. The second-order valence-electron chi connectivity index (χ2n) is 6.76. The molecule has 3 heterocycles. The molecule has 1 aromatic carbocycles. The minimum Gasteiger partial charge on any atom is -0.495 e. The number of pyridine rings is 1. The van der Waals surface area contributed by atoms with E-state index in [-0.39, 0.29) is 18.2 Å². The summed E-state index contributed by atoms with van der Waals surface area (Å²) in [4.78, 5) is 18.8. The van der Waals surface area contributed by atoms with Gasteiger partial charge < -0.3 is 9.47 Å². The Bertz CT molecular complexity index is 819. The lowest BCUT2D eigenvalue weighted by molar-refractivity contribution is 0.0832. The van der Waals surface area contributed by atoms with Gasteiger partial charge in [-0.15, -0.1) is 0 Å². The lowest BCUT2D eigenvalue weighted by Gasteiger charge is -2.33. The van der Waals surface area contributed by atoms with Crippen LogP contribution >= 0.6 is 0 Å². The third kappa shape index (κ3) is 3.29. The van der Waals surface area contributed by atoms with E-state index in [4.69, 9.17) is 9.47 Å². The van der Waals surface area contributed by atoms with E-state index in [0.29, 0.717) is 6.61 Å². The Morgan fingerprint density at radius 1 is 1.23 bits per heavy atom. The summed E-state index contributed by atoms with van der Waals surface area (Å²) in [5, 5.41) is 0. The number of ether oxygens (including phenoxy) is 2. The quantitative estimate of drug-likeness (QED) is 0.835. The Kier molecular flexibility index (Phi) is 4.61. The SMILES string of the molecule is COc1cncc(C2=CC3CCC(C2)N3C(=O)OCc2ccccc2)c1. The molecule has 0 spiro atoms. The van der Waals surface area contributed by atoms with Crippen LogP contribution in [0.2, 0.25) is 0 Å². The molecule has 0 aliphatic carbocycles. The Hall–Kier alpha value is -2.82. The monoisotopic (exact) mass is 350 g/mol. The number of hydrogen-bond donors (Lipinski definition) is 0. The number of nitrogens with zero attached hydrogens (tertiary/aromatic N) is 2. The highest BCUT2D eigenvalue weighted by Gasteiger charge is 2.40. The van der Waals surface area contributed by atoms with Gasteiger partial charge in [0, 0.05) is 12.2 Å². The summed E-state index contributed by atoms with van der Waals surface area (Å²) in [7, 11) is 1.64. The maximum absolute atomic E-state index is 12.6. The summed E-state index contributed by atoms with van der Waals surface area (Å²) in [6.45, 7) is 0.311. The van der Waals surface area contributed by atoms with E-state index >= 15 is 0 Å². The largest absolute Gasteiger partial charge is 0.495 e. The molecule has 5 nitrogen and oxygen atoms in total. The van der Waals surface area contributed by atoms with Gasteiger partial charge in [0.1, 0.15) is 12.4 Å². The number of rotatable bonds is 4. The molecule has 0 radical (unpaired) electrons. The molecule has 1 saturated heterocycles. The molecule has 2 aromatic rings. The van der Waals surface area contributed by atoms with E-state index < -0.39 is 0 Å². The fraction of sp³-hybridized carbons (Fsp3) is 0.333. The van der Waals surface area contributed by atoms with Crippen LogP contribution in [-0.4, -0.2) is 35.2 Å². The number of aromatic nitrogens is 1. The Labute approximate surface area is 153 Å². The zero-order chi connectivity index (χ0) is 17.9. The first kappa shape index (κ1) is 16.6. The van der Waals surface area contributed by atoms with Crippen LogP contribution in [0, 0.1) is 0 Å². The van der Waals surface area contributed by atoms with Gasteiger partial charge in [0.15, 0.2) is 0 Å². The number of amides is 1. The van der Waals surface area contributed by atoms with Crippen molar-refractivity contribution >= 4 is 11.7 Å². The molecule has 0 saturated carbocycles. The number of methoxy groups -OCH3 is 1. The number of hydrogen-bond acceptors (Lipinski definition) is 4. The van der Waals surface area contributed by atoms with E-state index in [1.807, 2.05) is 47.5 Å². The summed E-state index contributed by atoms with van der Waals surface area (Å²) < 4.78 is 10.8. The summed E-state index contributed by atoms with van der Waals surface area (Å²) in [5.74, 6) is 0.750. The van der Waals surface area contributed by atoms with Crippen LogP contribution in [0.15, 0.2) is 54.9 Å². The molecule has 2 atom stereocenters. The fourth-order valence-corrected chi connectivity index (χ4v) is 3.83. The van der Waals surface area contributed by atoms with E-state index in [1.165, 1.54) is 5.57 Å². The topological polar surface area (TPSA) is 51.7 Å². The summed E-state index contributed by atoms with van der Waals surface area (Å²) in [5.41, 5.74) is 3.30. The van der Waals surface area contributed by atoms with Crippen molar-refractivity contribution < 1.29 is 14.3 Å². The van der Waals surface area contributed by atoms with Crippen LogP contribution in [0.3, 0.4) is 0 Å². The zero-order valence-corrected chi connectivity index (χ0v) is 14.8. The maximum Gasteiger partial charge on any atom is 0.410 e. The second kappa shape index (κ2) is 7.20. The molecule has 2 bridgehead atoms. The lowest BCUT2D eigenvalue weighted by Crippen LogP contribution is -2.43. The van der Waals surface area contributed by atoms with Crippen LogP contribution in [-0.2, 0) is 11.3 Å². The van der Waals surface area contributed by atoms with E-state index in [1.54, 1.807) is 13.3 Å². The minimum atomic E-state index is -0.222. The van der Waals surface area contributed by atoms with Crippen LogP contribution in [0.5, 0.6) is 5.75 Å². The highest BCUT2D eigenvalue weighted by molar-refractivity contribution is 5.75. The summed E-state index contributed by atoms with van der Waals surface area (Å²) in [6, 6.07) is 12.1. The summed E-state index contributed by atoms with van der Waals surface area (Å²) >= 11 is 0. The molecular formula is C21H22N2O3. The van der Waals surface area contributed by atoms with Gasteiger partial charge in [-0.3, -0.25) is 9.88 Å². The fourth-order valence-electron chi connectivity index (χ4n) is 3.83. The van der Waals surface area contributed by atoms with E-state index in [2.05, 4.69) is 11.1 Å². The number of benzene rings is 1. The molecule has 1 aromatic heterocycles. The van der Waals surface area contributed by atoms with Gasteiger partial charge >= 0.3 is 6.09 Å². The standard InChI is InChI=1S/C21H22N2O3/c1-25-20-11-17(12-22-13-20)16-9-18-7-8-19(10-16)23(18)21(24)26-14-15-5-3-2-4-6-15/h2-6,9,11-13,18-19H,7-8,10,14H2,1H3. The van der Waals surface area contributed by atoms with Gasteiger partial charge in [-0.1, -0.05) is 36.4 Å². The molecule has 1 amide bonds. The van der Waals surface area contributed by atoms with Crippen molar-refractivity contribution in [3.05, 3.63) is 66.0 Å². The Morgan fingerprint density at radius 2 is 2.08 bits per heavy atom. The molecule has 2 unspecified atom stereocenters. The normalized spacial score (nSPS) is 21.3. The molecule has 2 aliphatic rings. The summed E-state index contributed by atoms with van der Waals surface area (Å²) in [6.07, 6.45) is 8.33. The zero-order valence-electron chi connectivity index (χ0n) is 14.8. The Balaban J connectivity index is 1.47. The maximum atomic E-state index is 12.6. The molecule has 134 valence electrons. The molecule has 5 heteroatoms. The van der Waals surface area contributed by atoms with Crippen molar-refractivity contribution in [2.75, 3.05) is 7.11 Å². The highest BCUT2D eigenvalue weighted by atomic mass is 16.6. The first-order valence-corrected chi connectivity index (χ1v) is 8.93. The van der Waals surface area contributed by atoms with Gasteiger partial charge in [0.2, 0.25) is 0 Å². The number of carbonyl (C=O) groups is 1. The second-order valence-corrected chi connectivity index (χ2v) is 6.76. The molecule has 26 heavy (non-hydrogen) atoms. The van der Waals surface area contributed by atoms with Crippen LogP contribution in [0.1, 0.15) is 30.4 Å². The number of fused-ring (bicyclic) bond motifs is 2. The van der Waals surface area contributed by atoms with Gasteiger partial charge in [-0.2, -0.15) is 0 Å². The molecule has 2 aliphatic heterocycles. The van der Waals surface area contributed by atoms with Gasteiger partial charge in [-0.05, 0) is 42.0 Å². The van der Waals surface area contributed by atoms with Gasteiger partial charge in [-0.25, -0.2) is 4.79 Å². The minimum absolute atomic E-state index is 0.0956. The van der Waals surface area contributed by atoms with Crippen LogP contribution in [0.25, 0.3) is 5.57 Å². The van der Waals surface area contributed by atoms with Crippen molar-refractivity contribution in [3.8, 4) is 5.75 Å². The number of carbonyl (C=O) groups excluding carboxylic acids is 1. The van der Waals surface area contributed by atoms with Gasteiger partial charge in [0.25, 0.3) is 0 Å². The lowest BCUT2D eigenvalue weighted by atomic mass is 9.96. The van der Waals surface area contributed by atoms with Crippen molar-refractivity contribution in [2.24, 2.45) is 0 Å². The van der Waals surface area contributed by atoms with Crippen LogP contribution < -0.4 is 4.74 Å². The van der Waals surface area contributed by atoms with E-state index in [0.717, 1.165) is 36.1 Å². The first-order chi connectivity index (χ1) is 12.7. The predicted octanol–water partition coefficient (Wildman–Crippen LogP) is 4.05. The van der Waals surface area contributed by atoms with Crippen LogP contribution in [0.4, 0.5) is 4.79 Å². The molecular weight excluding hydrogens is 328 g/mol. The van der Waals surface area contributed by atoms with Crippen molar-refractivity contribution in [2.45, 2.75) is 38.0 Å². The highest BCUT2D eigenvalue weighted by Crippen LogP contribution is 2.39. The first-order valence-electron chi connectivity index (χ1n) is 8.93. The molecule has 4 rings (SSSR count). The molecule has 1 fully saturated rings. The predicted molar refractivity (Wildman–Crippen MR) is 98.7 cm³/mol. The third-order valence-electron chi connectivity index (χ3n) is 5.13. The van der Waals surface area contributed by atoms with Gasteiger partial charge in [0.05, 0.1) is 19.3 Å². The smallest absolute Gasteiger partial charge is 0.410 e. The van der Waals surface area contributed by atoms with E-state index in [9.17, 15) is 4.79 Å². The average molecular weight is 350 g/mol. The third-order valence-corrected chi connectivity index (χ3v) is 5.13. The van der Waals surface area contributed by atoms with Crippen molar-refractivity contribution in [1.82, 2.24) is 9.88 Å². The van der Waals surface area contributed by atoms with Crippen molar-refractivity contribution in [1.29, 1.82) is 0 Å². The van der Waals surface area contributed by atoms with Crippen molar-refractivity contribution in [3.63, 3.8) is 0 Å². The average Bonchev–Trinajstić information content (AvgIpc) is 2.96.